The van der Waals surface area contributed by atoms with E-state index in [1.54, 1.807) is 19.1 Å². The van der Waals surface area contributed by atoms with E-state index in [0.717, 1.165) is 25.7 Å². The SMILES string of the molecule is Cc1ccc(N)c(CCCCCCO)c1F. The predicted octanol–water partition coefficient (Wildman–Crippen LogP) is 2.81. The van der Waals surface area contributed by atoms with E-state index in [1.807, 2.05) is 0 Å². The Morgan fingerprint density at radius 3 is 2.56 bits per heavy atom. The van der Waals surface area contributed by atoms with Crippen LogP contribution in [0.3, 0.4) is 0 Å². The summed E-state index contributed by atoms with van der Waals surface area (Å²) in [5.41, 5.74) is 7.59. The van der Waals surface area contributed by atoms with Crippen molar-refractivity contribution in [2.75, 3.05) is 12.3 Å². The Kier molecular flexibility index (Phi) is 5.26. The lowest BCUT2D eigenvalue weighted by atomic mass is 10.0. The van der Waals surface area contributed by atoms with Gasteiger partial charge in [0.1, 0.15) is 5.82 Å². The summed E-state index contributed by atoms with van der Waals surface area (Å²) < 4.78 is 13.7. The molecule has 0 aliphatic heterocycles. The summed E-state index contributed by atoms with van der Waals surface area (Å²) >= 11 is 0. The zero-order valence-corrected chi connectivity index (χ0v) is 9.80. The van der Waals surface area contributed by atoms with E-state index < -0.39 is 0 Å². The molecule has 0 saturated heterocycles. The third kappa shape index (κ3) is 3.49. The summed E-state index contributed by atoms with van der Waals surface area (Å²) in [6.07, 6.45) is 4.43. The third-order valence-corrected chi connectivity index (χ3v) is 2.81. The number of unbranched alkanes of at least 4 members (excludes halogenated alkanes) is 3. The molecule has 1 aromatic carbocycles. The molecule has 0 fully saturated rings. The van der Waals surface area contributed by atoms with Gasteiger partial charge in [0.25, 0.3) is 0 Å². The lowest BCUT2D eigenvalue weighted by Crippen LogP contribution is -2.00. The van der Waals surface area contributed by atoms with Gasteiger partial charge in [-0.15, -0.1) is 0 Å². The highest BCUT2D eigenvalue weighted by Gasteiger charge is 2.08. The topological polar surface area (TPSA) is 46.2 Å². The van der Waals surface area contributed by atoms with E-state index in [2.05, 4.69) is 0 Å². The van der Waals surface area contributed by atoms with Crippen molar-refractivity contribution in [2.45, 2.75) is 39.0 Å². The summed E-state index contributed by atoms with van der Waals surface area (Å²) in [4.78, 5) is 0. The average Bonchev–Trinajstić information content (AvgIpc) is 2.28. The van der Waals surface area contributed by atoms with Crippen LogP contribution in [-0.2, 0) is 6.42 Å². The molecule has 2 nitrogen and oxygen atoms in total. The largest absolute Gasteiger partial charge is 0.398 e. The number of hydrogen-bond acceptors (Lipinski definition) is 2. The second kappa shape index (κ2) is 6.48. The Morgan fingerprint density at radius 1 is 1.19 bits per heavy atom. The molecule has 0 bridgehead atoms. The molecule has 0 unspecified atom stereocenters. The number of aliphatic hydroxyl groups excluding tert-OH is 1. The minimum atomic E-state index is -0.165. The Hall–Kier alpha value is -1.09. The molecule has 0 spiro atoms. The molecule has 1 rings (SSSR count). The highest BCUT2D eigenvalue weighted by atomic mass is 19.1. The van der Waals surface area contributed by atoms with Gasteiger partial charge in [-0.1, -0.05) is 18.9 Å². The second-order valence-corrected chi connectivity index (χ2v) is 4.15. The Bertz CT molecular complexity index is 339. The van der Waals surface area contributed by atoms with Crippen LogP contribution < -0.4 is 5.73 Å². The first-order chi connectivity index (χ1) is 7.66. The van der Waals surface area contributed by atoms with E-state index in [1.165, 1.54) is 0 Å². The van der Waals surface area contributed by atoms with Crippen LogP contribution in [0, 0.1) is 12.7 Å². The van der Waals surface area contributed by atoms with E-state index >= 15 is 0 Å². The molecule has 0 aromatic heterocycles. The molecule has 16 heavy (non-hydrogen) atoms. The molecular formula is C13H20FNO. The van der Waals surface area contributed by atoms with Crippen molar-refractivity contribution >= 4 is 5.69 Å². The number of aliphatic hydroxyl groups is 1. The molecule has 0 aliphatic carbocycles. The van der Waals surface area contributed by atoms with Gasteiger partial charge in [0, 0.05) is 17.9 Å². The van der Waals surface area contributed by atoms with Gasteiger partial charge in [-0.05, 0) is 37.8 Å². The number of nitrogen functional groups attached to an aromatic ring is 1. The third-order valence-electron chi connectivity index (χ3n) is 2.81. The van der Waals surface area contributed by atoms with Crippen LogP contribution in [0.15, 0.2) is 12.1 Å². The Labute approximate surface area is 96.3 Å². The van der Waals surface area contributed by atoms with Gasteiger partial charge in [0.05, 0.1) is 0 Å². The maximum Gasteiger partial charge on any atom is 0.131 e. The van der Waals surface area contributed by atoms with E-state index in [0.29, 0.717) is 23.2 Å². The summed E-state index contributed by atoms with van der Waals surface area (Å²) in [6, 6.07) is 3.47. The second-order valence-electron chi connectivity index (χ2n) is 4.15. The fourth-order valence-electron chi connectivity index (χ4n) is 1.77. The minimum absolute atomic E-state index is 0.165. The summed E-state index contributed by atoms with van der Waals surface area (Å²) in [5, 5.41) is 8.63. The van der Waals surface area contributed by atoms with Crippen molar-refractivity contribution in [3.8, 4) is 0 Å². The normalized spacial score (nSPS) is 10.7. The fourth-order valence-corrected chi connectivity index (χ4v) is 1.77. The number of hydrogen-bond donors (Lipinski definition) is 2. The van der Waals surface area contributed by atoms with E-state index in [9.17, 15) is 4.39 Å². The molecule has 0 heterocycles. The van der Waals surface area contributed by atoms with Gasteiger partial charge in [0.15, 0.2) is 0 Å². The summed E-state index contributed by atoms with van der Waals surface area (Å²) in [6.45, 7) is 1.99. The quantitative estimate of drug-likeness (QED) is 0.577. The van der Waals surface area contributed by atoms with Crippen LogP contribution in [0.25, 0.3) is 0 Å². The number of benzene rings is 1. The molecule has 0 aliphatic rings. The molecule has 0 saturated carbocycles. The van der Waals surface area contributed by atoms with E-state index in [4.69, 9.17) is 10.8 Å². The highest BCUT2D eigenvalue weighted by molar-refractivity contribution is 5.49. The Morgan fingerprint density at radius 2 is 1.88 bits per heavy atom. The van der Waals surface area contributed by atoms with Crippen molar-refractivity contribution in [3.05, 3.63) is 29.1 Å². The van der Waals surface area contributed by atoms with Gasteiger partial charge < -0.3 is 10.8 Å². The zero-order valence-electron chi connectivity index (χ0n) is 9.80. The summed E-state index contributed by atoms with van der Waals surface area (Å²) in [5.74, 6) is -0.165. The number of anilines is 1. The first kappa shape index (κ1) is 13.0. The molecule has 1 aromatic rings. The monoisotopic (exact) mass is 225 g/mol. The first-order valence-corrected chi connectivity index (χ1v) is 5.81. The maximum atomic E-state index is 13.7. The number of aryl methyl sites for hydroxylation is 1. The van der Waals surface area contributed by atoms with Crippen LogP contribution in [0.4, 0.5) is 10.1 Å². The van der Waals surface area contributed by atoms with Gasteiger partial charge in [0.2, 0.25) is 0 Å². The fraction of sp³-hybridized carbons (Fsp3) is 0.538. The molecule has 90 valence electrons. The Balaban J connectivity index is 2.50. The number of rotatable bonds is 6. The zero-order chi connectivity index (χ0) is 12.0. The number of halogens is 1. The van der Waals surface area contributed by atoms with E-state index in [-0.39, 0.29) is 12.4 Å². The molecule has 0 radical (unpaired) electrons. The molecule has 3 N–H and O–H groups in total. The maximum absolute atomic E-state index is 13.7. The molecular weight excluding hydrogens is 205 g/mol. The van der Waals surface area contributed by atoms with Crippen LogP contribution in [0.5, 0.6) is 0 Å². The standard InChI is InChI=1S/C13H20FNO/c1-10-7-8-12(15)11(13(10)14)6-4-2-3-5-9-16/h7-8,16H,2-6,9,15H2,1H3. The van der Waals surface area contributed by atoms with Gasteiger partial charge in [-0.3, -0.25) is 0 Å². The highest BCUT2D eigenvalue weighted by Crippen LogP contribution is 2.21. The van der Waals surface area contributed by atoms with Crippen molar-refractivity contribution in [1.82, 2.24) is 0 Å². The van der Waals surface area contributed by atoms with Crippen LogP contribution in [0.2, 0.25) is 0 Å². The smallest absolute Gasteiger partial charge is 0.131 e. The summed E-state index contributed by atoms with van der Waals surface area (Å²) in [7, 11) is 0. The molecule has 0 amide bonds. The first-order valence-electron chi connectivity index (χ1n) is 5.81. The van der Waals surface area contributed by atoms with Gasteiger partial charge in [-0.2, -0.15) is 0 Å². The lowest BCUT2D eigenvalue weighted by Gasteiger charge is -2.09. The van der Waals surface area contributed by atoms with Crippen LogP contribution >= 0.6 is 0 Å². The number of nitrogens with two attached hydrogens (primary N) is 1. The van der Waals surface area contributed by atoms with Crippen LogP contribution in [-0.4, -0.2) is 11.7 Å². The van der Waals surface area contributed by atoms with Crippen LogP contribution in [0.1, 0.15) is 36.8 Å². The van der Waals surface area contributed by atoms with Crippen molar-refractivity contribution in [2.24, 2.45) is 0 Å². The van der Waals surface area contributed by atoms with Crippen molar-refractivity contribution < 1.29 is 9.50 Å². The molecule has 3 heteroatoms. The molecule has 0 atom stereocenters. The van der Waals surface area contributed by atoms with Crippen molar-refractivity contribution in [3.63, 3.8) is 0 Å². The van der Waals surface area contributed by atoms with Gasteiger partial charge >= 0.3 is 0 Å². The van der Waals surface area contributed by atoms with Gasteiger partial charge in [-0.25, -0.2) is 4.39 Å². The average molecular weight is 225 g/mol. The lowest BCUT2D eigenvalue weighted by molar-refractivity contribution is 0.282. The van der Waals surface area contributed by atoms with Crippen molar-refractivity contribution in [1.29, 1.82) is 0 Å². The minimum Gasteiger partial charge on any atom is -0.398 e. The predicted molar refractivity (Wildman–Crippen MR) is 64.8 cm³/mol.